The zero-order valence-corrected chi connectivity index (χ0v) is 13.0. The van der Waals surface area contributed by atoms with Gasteiger partial charge in [0.2, 0.25) is 0 Å². The van der Waals surface area contributed by atoms with Gasteiger partial charge in [-0.25, -0.2) is 4.98 Å². The molecule has 106 valence electrons. The van der Waals surface area contributed by atoms with Crippen molar-refractivity contribution < 1.29 is 0 Å². The van der Waals surface area contributed by atoms with Crippen molar-refractivity contribution >= 4 is 11.3 Å². The third-order valence-corrected chi connectivity index (χ3v) is 5.46. The zero-order valence-electron chi connectivity index (χ0n) is 12.2. The Morgan fingerprint density at radius 2 is 1.89 bits per heavy atom. The van der Waals surface area contributed by atoms with Crippen LogP contribution in [0.15, 0.2) is 5.38 Å². The first-order valence-corrected chi connectivity index (χ1v) is 8.83. The monoisotopic (exact) mass is 278 g/mol. The van der Waals surface area contributed by atoms with Crippen LogP contribution in [0, 0.1) is 5.92 Å². The highest BCUT2D eigenvalue weighted by Gasteiger charge is 2.32. The molecule has 1 aromatic rings. The molecule has 0 spiro atoms. The summed E-state index contributed by atoms with van der Waals surface area (Å²) in [6, 6.07) is 1.31. The first-order chi connectivity index (χ1) is 9.24. The lowest BCUT2D eigenvalue weighted by Gasteiger charge is -2.30. The summed E-state index contributed by atoms with van der Waals surface area (Å²) in [6.45, 7) is 4.48. The minimum absolute atomic E-state index is 0.533. The molecule has 1 atom stereocenters. The first kappa shape index (κ1) is 13.6. The highest BCUT2D eigenvalue weighted by Crippen LogP contribution is 2.38. The van der Waals surface area contributed by atoms with E-state index in [2.05, 4.69) is 24.5 Å². The van der Waals surface area contributed by atoms with Gasteiger partial charge in [0, 0.05) is 11.4 Å². The molecule has 2 saturated carbocycles. The van der Waals surface area contributed by atoms with Gasteiger partial charge in [-0.1, -0.05) is 33.1 Å². The molecule has 0 aliphatic heterocycles. The Morgan fingerprint density at radius 1 is 1.16 bits per heavy atom. The molecule has 2 fully saturated rings. The molecule has 3 heteroatoms. The fourth-order valence-electron chi connectivity index (χ4n) is 3.09. The van der Waals surface area contributed by atoms with Gasteiger partial charge in [0.05, 0.1) is 11.7 Å². The topological polar surface area (TPSA) is 24.9 Å². The lowest BCUT2D eigenvalue weighted by molar-refractivity contribution is 0.269. The van der Waals surface area contributed by atoms with Crippen molar-refractivity contribution in [3.8, 4) is 0 Å². The van der Waals surface area contributed by atoms with Crippen LogP contribution in [0.25, 0.3) is 0 Å². The molecule has 0 amide bonds. The summed E-state index contributed by atoms with van der Waals surface area (Å²) < 4.78 is 0. The fourth-order valence-corrected chi connectivity index (χ4v) is 4.22. The average Bonchev–Trinajstić information content (AvgIpc) is 3.11. The smallest absolute Gasteiger partial charge is 0.110 e. The van der Waals surface area contributed by atoms with E-state index in [1.165, 1.54) is 55.6 Å². The van der Waals surface area contributed by atoms with E-state index in [4.69, 9.17) is 4.98 Å². The van der Waals surface area contributed by atoms with Crippen LogP contribution >= 0.6 is 11.3 Å². The van der Waals surface area contributed by atoms with Gasteiger partial charge in [0.1, 0.15) is 5.01 Å². The number of nitrogens with one attached hydrogen (secondary N) is 1. The number of hydrogen-bond acceptors (Lipinski definition) is 3. The molecule has 1 N–H and O–H groups in total. The number of hydrogen-bond donors (Lipinski definition) is 1. The van der Waals surface area contributed by atoms with Crippen molar-refractivity contribution in [2.75, 3.05) is 0 Å². The van der Waals surface area contributed by atoms with Crippen LogP contribution in [0.1, 0.15) is 81.5 Å². The molecule has 0 saturated heterocycles. The SMILES string of the molecule is CC(C)c1csc(C(NC2CC2)C2CCCCC2)n1. The second-order valence-electron chi connectivity index (χ2n) is 6.58. The van der Waals surface area contributed by atoms with Gasteiger partial charge in [0.15, 0.2) is 0 Å². The first-order valence-electron chi connectivity index (χ1n) is 7.95. The summed E-state index contributed by atoms with van der Waals surface area (Å²) in [5.74, 6) is 1.37. The van der Waals surface area contributed by atoms with E-state index < -0.39 is 0 Å². The molecular weight excluding hydrogens is 252 g/mol. The standard InChI is InChI=1S/C16H26N2S/c1-11(2)14-10-19-16(18-14)15(17-13-8-9-13)12-6-4-3-5-7-12/h10-13,15,17H,3-9H2,1-2H3. The third kappa shape index (κ3) is 3.38. The fraction of sp³-hybridized carbons (Fsp3) is 0.812. The minimum atomic E-state index is 0.533. The Bertz CT molecular complexity index is 403. The normalized spacial score (nSPS) is 22.9. The largest absolute Gasteiger partial charge is 0.305 e. The summed E-state index contributed by atoms with van der Waals surface area (Å²) in [5.41, 5.74) is 1.28. The van der Waals surface area contributed by atoms with Crippen molar-refractivity contribution in [3.63, 3.8) is 0 Å². The second kappa shape index (κ2) is 5.92. The van der Waals surface area contributed by atoms with Crippen molar-refractivity contribution in [2.45, 2.75) is 76.8 Å². The predicted molar refractivity (Wildman–Crippen MR) is 81.7 cm³/mol. The summed E-state index contributed by atoms with van der Waals surface area (Å²) in [4.78, 5) is 4.92. The Morgan fingerprint density at radius 3 is 2.47 bits per heavy atom. The van der Waals surface area contributed by atoms with Crippen molar-refractivity contribution in [1.29, 1.82) is 0 Å². The molecule has 0 bridgehead atoms. The molecule has 1 heterocycles. The van der Waals surface area contributed by atoms with E-state index in [1.54, 1.807) is 0 Å². The van der Waals surface area contributed by atoms with E-state index >= 15 is 0 Å². The number of aromatic nitrogens is 1. The van der Waals surface area contributed by atoms with Crippen molar-refractivity contribution in [2.24, 2.45) is 5.92 Å². The summed E-state index contributed by atoms with van der Waals surface area (Å²) in [5, 5.41) is 7.49. The second-order valence-corrected chi connectivity index (χ2v) is 7.47. The van der Waals surface area contributed by atoms with Gasteiger partial charge in [0.25, 0.3) is 0 Å². The van der Waals surface area contributed by atoms with Gasteiger partial charge < -0.3 is 5.32 Å². The highest BCUT2D eigenvalue weighted by molar-refractivity contribution is 7.09. The van der Waals surface area contributed by atoms with Crippen LogP contribution < -0.4 is 5.32 Å². The molecule has 0 aromatic carbocycles. The van der Waals surface area contributed by atoms with Crippen LogP contribution in [0.5, 0.6) is 0 Å². The molecule has 1 aromatic heterocycles. The summed E-state index contributed by atoms with van der Waals surface area (Å²) >= 11 is 1.88. The van der Waals surface area contributed by atoms with Gasteiger partial charge in [-0.3, -0.25) is 0 Å². The van der Waals surface area contributed by atoms with Crippen LogP contribution in [0.3, 0.4) is 0 Å². The van der Waals surface area contributed by atoms with Crippen LogP contribution in [-0.4, -0.2) is 11.0 Å². The Balaban J connectivity index is 1.75. The minimum Gasteiger partial charge on any atom is -0.305 e. The van der Waals surface area contributed by atoms with E-state index in [9.17, 15) is 0 Å². The molecule has 2 aliphatic rings. The van der Waals surface area contributed by atoms with Crippen LogP contribution in [0.2, 0.25) is 0 Å². The number of rotatable bonds is 5. The molecule has 19 heavy (non-hydrogen) atoms. The average molecular weight is 278 g/mol. The van der Waals surface area contributed by atoms with E-state index in [0.29, 0.717) is 12.0 Å². The van der Waals surface area contributed by atoms with Crippen LogP contribution in [-0.2, 0) is 0 Å². The Hall–Kier alpha value is -0.410. The maximum Gasteiger partial charge on any atom is 0.110 e. The van der Waals surface area contributed by atoms with Gasteiger partial charge in [-0.05, 0) is 37.5 Å². The maximum atomic E-state index is 4.92. The molecule has 0 radical (unpaired) electrons. The summed E-state index contributed by atoms with van der Waals surface area (Å²) in [7, 11) is 0. The van der Waals surface area contributed by atoms with E-state index in [0.717, 1.165) is 12.0 Å². The molecule has 3 rings (SSSR count). The number of nitrogens with zero attached hydrogens (tertiary/aromatic N) is 1. The Kier molecular flexibility index (Phi) is 4.23. The Labute approximate surface area is 121 Å². The number of thiazole rings is 1. The summed E-state index contributed by atoms with van der Waals surface area (Å²) in [6.07, 6.45) is 9.77. The van der Waals surface area contributed by atoms with Gasteiger partial charge in [-0.2, -0.15) is 0 Å². The molecular formula is C16H26N2S. The van der Waals surface area contributed by atoms with E-state index in [-0.39, 0.29) is 0 Å². The maximum absolute atomic E-state index is 4.92. The van der Waals surface area contributed by atoms with Crippen molar-refractivity contribution in [3.05, 3.63) is 16.1 Å². The van der Waals surface area contributed by atoms with Gasteiger partial charge >= 0.3 is 0 Å². The highest BCUT2D eigenvalue weighted by atomic mass is 32.1. The predicted octanol–water partition coefficient (Wildman–Crippen LogP) is 4.64. The lowest BCUT2D eigenvalue weighted by atomic mass is 9.84. The zero-order chi connectivity index (χ0) is 13.2. The molecule has 2 nitrogen and oxygen atoms in total. The van der Waals surface area contributed by atoms with E-state index in [1.807, 2.05) is 11.3 Å². The molecule has 1 unspecified atom stereocenters. The van der Waals surface area contributed by atoms with Crippen molar-refractivity contribution in [1.82, 2.24) is 10.3 Å². The quantitative estimate of drug-likeness (QED) is 0.848. The van der Waals surface area contributed by atoms with Gasteiger partial charge in [-0.15, -0.1) is 11.3 Å². The molecule has 2 aliphatic carbocycles. The van der Waals surface area contributed by atoms with Crippen LogP contribution in [0.4, 0.5) is 0 Å². The third-order valence-electron chi connectivity index (χ3n) is 4.51. The lowest BCUT2D eigenvalue weighted by Crippen LogP contribution is -2.31.